The SMILES string of the molecule is COc1cc(NC(=O)Cn2c(-c3ccccn3)noc2=O)cc(OC)c1. The van der Waals surface area contributed by atoms with Crippen LogP contribution >= 0.6 is 0 Å². The Morgan fingerprint density at radius 2 is 1.92 bits per heavy atom. The minimum Gasteiger partial charge on any atom is -0.497 e. The number of nitrogens with one attached hydrogen (secondary N) is 1. The van der Waals surface area contributed by atoms with E-state index < -0.39 is 11.7 Å². The minimum atomic E-state index is -0.746. The lowest BCUT2D eigenvalue weighted by Gasteiger charge is -2.10. The lowest BCUT2D eigenvalue weighted by atomic mass is 10.2. The smallest absolute Gasteiger partial charge is 0.442 e. The van der Waals surface area contributed by atoms with Gasteiger partial charge in [-0.25, -0.2) is 9.36 Å². The fraction of sp³-hybridized carbons (Fsp3) is 0.176. The molecule has 0 spiro atoms. The van der Waals surface area contributed by atoms with Gasteiger partial charge < -0.3 is 14.8 Å². The maximum absolute atomic E-state index is 12.4. The largest absolute Gasteiger partial charge is 0.497 e. The molecule has 0 saturated carbocycles. The highest BCUT2D eigenvalue weighted by Gasteiger charge is 2.17. The summed E-state index contributed by atoms with van der Waals surface area (Å²) < 4.78 is 16.1. The number of benzene rings is 1. The van der Waals surface area contributed by atoms with Crippen molar-refractivity contribution in [2.24, 2.45) is 0 Å². The second-order valence-electron chi connectivity index (χ2n) is 5.22. The minimum absolute atomic E-state index is 0.175. The molecule has 3 aromatic rings. The molecular formula is C17H16N4O5. The van der Waals surface area contributed by atoms with Gasteiger partial charge in [0.15, 0.2) is 0 Å². The molecule has 3 rings (SSSR count). The third kappa shape index (κ3) is 3.72. The third-order valence-electron chi connectivity index (χ3n) is 3.52. The van der Waals surface area contributed by atoms with Crippen molar-refractivity contribution in [1.29, 1.82) is 0 Å². The first kappa shape index (κ1) is 17.2. The Hall–Kier alpha value is -3.62. The Morgan fingerprint density at radius 1 is 1.19 bits per heavy atom. The molecular weight excluding hydrogens is 340 g/mol. The van der Waals surface area contributed by atoms with Crippen molar-refractivity contribution >= 4 is 11.6 Å². The fourth-order valence-electron chi connectivity index (χ4n) is 2.31. The zero-order valence-electron chi connectivity index (χ0n) is 14.1. The number of carbonyl (C=O) groups excluding carboxylic acids is 1. The van der Waals surface area contributed by atoms with Gasteiger partial charge in [-0.1, -0.05) is 11.2 Å². The molecule has 0 saturated heterocycles. The molecule has 0 atom stereocenters. The van der Waals surface area contributed by atoms with Crippen molar-refractivity contribution in [2.75, 3.05) is 19.5 Å². The maximum atomic E-state index is 12.4. The quantitative estimate of drug-likeness (QED) is 0.714. The number of nitrogens with zero attached hydrogens (tertiary/aromatic N) is 3. The van der Waals surface area contributed by atoms with Gasteiger partial charge in [-0.15, -0.1) is 0 Å². The molecule has 0 fully saturated rings. The van der Waals surface area contributed by atoms with Gasteiger partial charge in [-0.2, -0.15) is 0 Å². The van der Waals surface area contributed by atoms with Crippen LogP contribution in [0.5, 0.6) is 11.5 Å². The van der Waals surface area contributed by atoms with Gasteiger partial charge in [0.25, 0.3) is 0 Å². The molecule has 1 N–H and O–H groups in total. The summed E-state index contributed by atoms with van der Waals surface area (Å²) in [6.45, 7) is -0.284. The highest BCUT2D eigenvalue weighted by molar-refractivity contribution is 5.91. The van der Waals surface area contributed by atoms with E-state index in [2.05, 4.69) is 20.0 Å². The predicted octanol–water partition coefficient (Wildman–Crippen LogP) is 1.55. The topological polar surface area (TPSA) is 108 Å². The average molecular weight is 356 g/mol. The molecule has 0 radical (unpaired) electrons. The van der Waals surface area contributed by atoms with Gasteiger partial charge in [-0.3, -0.25) is 14.3 Å². The van der Waals surface area contributed by atoms with Crippen LogP contribution in [0.4, 0.5) is 5.69 Å². The Morgan fingerprint density at radius 3 is 2.54 bits per heavy atom. The van der Waals surface area contributed by atoms with Crippen LogP contribution in [0.15, 0.2) is 51.9 Å². The number of carbonyl (C=O) groups is 1. The zero-order valence-corrected chi connectivity index (χ0v) is 14.1. The Labute approximate surface area is 148 Å². The second-order valence-corrected chi connectivity index (χ2v) is 5.22. The summed E-state index contributed by atoms with van der Waals surface area (Å²) in [4.78, 5) is 28.4. The standard InChI is InChI=1S/C17H16N4O5/c1-24-12-7-11(8-13(9-12)25-2)19-15(22)10-21-16(20-26-17(21)23)14-5-3-4-6-18-14/h3-9H,10H2,1-2H3,(H,19,22). The molecule has 0 aliphatic carbocycles. The van der Waals surface area contributed by atoms with Gasteiger partial charge in [0.05, 0.1) is 14.2 Å². The van der Waals surface area contributed by atoms with E-state index in [1.54, 1.807) is 42.6 Å². The zero-order chi connectivity index (χ0) is 18.5. The van der Waals surface area contributed by atoms with Crippen LogP contribution in [0.25, 0.3) is 11.5 Å². The van der Waals surface area contributed by atoms with Crippen molar-refractivity contribution in [1.82, 2.24) is 14.7 Å². The normalized spacial score (nSPS) is 10.4. The number of hydrogen-bond acceptors (Lipinski definition) is 7. The fourth-order valence-corrected chi connectivity index (χ4v) is 2.31. The molecule has 0 aliphatic heterocycles. The van der Waals surface area contributed by atoms with E-state index in [1.807, 2.05) is 0 Å². The summed E-state index contributed by atoms with van der Waals surface area (Å²) in [7, 11) is 3.02. The van der Waals surface area contributed by atoms with Crippen molar-refractivity contribution < 1.29 is 18.8 Å². The van der Waals surface area contributed by atoms with Crippen LogP contribution in [0.1, 0.15) is 0 Å². The van der Waals surface area contributed by atoms with E-state index in [-0.39, 0.29) is 12.4 Å². The molecule has 26 heavy (non-hydrogen) atoms. The number of ether oxygens (including phenoxy) is 2. The Kier molecular flexibility index (Phi) is 4.97. The number of pyridine rings is 1. The van der Waals surface area contributed by atoms with Crippen LogP contribution in [0.2, 0.25) is 0 Å². The van der Waals surface area contributed by atoms with Gasteiger partial charge in [0.1, 0.15) is 23.7 Å². The average Bonchev–Trinajstić information content (AvgIpc) is 3.02. The van der Waals surface area contributed by atoms with Crippen molar-refractivity contribution in [3.8, 4) is 23.0 Å². The summed E-state index contributed by atoms with van der Waals surface area (Å²) in [5, 5.41) is 6.38. The van der Waals surface area contributed by atoms with Gasteiger partial charge in [-0.05, 0) is 12.1 Å². The maximum Gasteiger partial charge on any atom is 0.442 e. The Bertz CT molecular complexity index is 943. The molecule has 0 unspecified atom stereocenters. The molecule has 0 aliphatic rings. The molecule has 134 valence electrons. The van der Waals surface area contributed by atoms with Gasteiger partial charge in [0, 0.05) is 30.1 Å². The molecule has 0 bridgehead atoms. The lowest BCUT2D eigenvalue weighted by molar-refractivity contribution is -0.116. The molecule has 9 heteroatoms. The molecule has 2 aromatic heterocycles. The summed E-state index contributed by atoms with van der Waals surface area (Å²) in [5.41, 5.74) is 0.893. The van der Waals surface area contributed by atoms with Crippen molar-refractivity contribution in [3.63, 3.8) is 0 Å². The number of anilines is 1. The molecule has 2 heterocycles. The van der Waals surface area contributed by atoms with E-state index in [4.69, 9.17) is 9.47 Å². The number of rotatable bonds is 6. The first-order chi connectivity index (χ1) is 12.6. The summed E-state index contributed by atoms with van der Waals surface area (Å²) in [6.07, 6.45) is 1.56. The van der Waals surface area contributed by atoms with Crippen LogP contribution in [0, 0.1) is 0 Å². The number of aromatic nitrogens is 3. The second kappa shape index (κ2) is 7.51. The first-order valence-electron chi connectivity index (χ1n) is 7.61. The van der Waals surface area contributed by atoms with Gasteiger partial charge >= 0.3 is 5.76 Å². The van der Waals surface area contributed by atoms with Crippen LogP contribution in [0.3, 0.4) is 0 Å². The van der Waals surface area contributed by atoms with E-state index in [9.17, 15) is 9.59 Å². The molecule has 1 aromatic carbocycles. The summed E-state index contributed by atoms with van der Waals surface area (Å²) in [5.74, 6) is 0.0349. The molecule has 9 nitrogen and oxygen atoms in total. The number of amides is 1. The van der Waals surface area contributed by atoms with E-state index in [0.717, 1.165) is 4.57 Å². The molecule has 1 amide bonds. The lowest BCUT2D eigenvalue weighted by Crippen LogP contribution is -2.25. The van der Waals surface area contributed by atoms with Crippen molar-refractivity contribution in [3.05, 3.63) is 53.1 Å². The highest BCUT2D eigenvalue weighted by atomic mass is 16.5. The van der Waals surface area contributed by atoms with E-state index in [0.29, 0.717) is 22.9 Å². The van der Waals surface area contributed by atoms with Crippen LogP contribution < -0.4 is 20.5 Å². The van der Waals surface area contributed by atoms with Crippen molar-refractivity contribution in [2.45, 2.75) is 6.54 Å². The third-order valence-corrected chi connectivity index (χ3v) is 3.52. The van der Waals surface area contributed by atoms with Crippen LogP contribution in [-0.4, -0.2) is 34.8 Å². The Balaban J connectivity index is 1.82. The van der Waals surface area contributed by atoms with Gasteiger partial charge in [0.2, 0.25) is 11.7 Å². The van der Waals surface area contributed by atoms with E-state index in [1.165, 1.54) is 14.2 Å². The number of hydrogen-bond donors (Lipinski definition) is 1. The van der Waals surface area contributed by atoms with E-state index >= 15 is 0 Å². The highest BCUT2D eigenvalue weighted by Crippen LogP contribution is 2.25. The number of methoxy groups -OCH3 is 2. The summed E-state index contributed by atoms with van der Waals surface area (Å²) >= 11 is 0. The first-order valence-corrected chi connectivity index (χ1v) is 7.61. The predicted molar refractivity (Wildman–Crippen MR) is 92.2 cm³/mol. The monoisotopic (exact) mass is 356 g/mol. The summed E-state index contributed by atoms with van der Waals surface area (Å²) in [6, 6.07) is 10.1. The van der Waals surface area contributed by atoms with Crippen LogP contribution in [-0.2, 0) is 11.3 Å².